The Labute approximate surface area is 138 Å². The highest BCUT2D eigenvalue weighted by Crippen LogP contribution is 2.23. The summed E-state index contributed by atoms with van der Waals surface area (Å²) in [6, 6.07) is 11.6. The summed E-state index contributed by atoms with van der Waals surface area (Å²) in [6.07, 6.45) is 3.01. The lowest BCUT2D eigenvalue weighted by molar-refractivity contribution is -0.111. The van der Waals surface area contributed by atoms with E-state index in [1.807, 2.05) is 0 Å². The molecule has 2 aromatic carbocycles. The average Bonchev–Trinajstić information content (AvgIpc) is 2.55. The molecule has 118 valence electrons. The van der Waals surface area contributed by atoms with Crippen LogP contribution in [0.4, 0.5) is 11.4 Å². The molecule has 0 saturated carbocycles. The van der Waals surface area contributed by atoms with Crippen molar-refractivity contribution in [3.8, 4) is 0 Å². The number of hydrogen-bond donors (Lipinski definition) is 2. The van der Waals surface area contributed by atoms with Gasteiger partial charge < -0.3 is 15.8 Å². The molecule has 0 atom stereocenters. The number of amides is 1. The summed E-state index contributed by atoms with van der Waals surface area (Å²) in [5.74, 6) is -0.875. The van der Waals surface area contributed by atoms with Crippen LogP contribution in [0.3, 0.4) is 0 Å². The number of nitrogen functional groups attached to an aromatic ring is 1. The molecule has 0 spiro atoms. The number of ether oxygens (including phenoxy) is 1. The number of carbonyl (C=O) groups excluding carboxylic acids is 2. The number of hydrogen-bond acceptors (Lipinski definition) is 4. The van der Waals surface area contributed by atoms with Crippen molar-refractivity contribution in [2.45, 2.75) is 0 Å². The first kappa shape index (κ1) is 16.6. The minimum atomic E-state index is -0.505. The molecular weight excluding hydrogens is 316 g/mol. The lowest BCUT2D eigenvalue weighted by Gasteiger charge is -2.07. The fourth-order valence-electron chi connectivity index (χ4n) is 1.82. The Kier molecular flexibility index (Phi) is 5.38. The van der Waals surface area contributed by atoms with E-state index in [0.717, 1.165) is 5.56 Å². The van der Waals surface area contributed by atoms with Gasteiger partial charge in [0, 0.05) is 11.8 Å². The van der Waals surface area contributed by atoms with Gasteiger partial charge in [0.2, 0.25) is 5.91 Å². The van der Waals surface area contributed by atoms with E-state index in [-0.39, 0.29) is 5.91 Å². The Bertz CT molecular complexity index is 755. The summed E-state index contributed by atoms with van der Waals surface area (Å²) >= 11 is 6.02. The quantitative estimate of drug-likeness (QED) is 0.511. The monoisotopic (exact) mass is 330 g/mol. The number of benzene rings is 2. The fraction of sp³-hybridized carbons (Fsp3) is 0.0588. The van der Waals surface area contributed by atoms with E-state index in [2.05, 4.69) is 10.1 Å². The predicted octanol–water partition coefficient (Wildman–Crippen LogP) is 3.36. The Hall–Kier alpha value is -2.79. The van der Waals surface area contributed by atoms with E-state index >= 15 is 0 Å². The van der Waals surface area contributed by atoms with Crippen LogP contribution >= 0.6 is 11.6 Å². The maximum Gasteiger partial charge on any atom is 0.337 e. The summed E-state index contributed by atoms with van der Waals surface area (Å²) in [7, 11) is 1.28. The molecule has 1 amide bonds. The van der Waals surface area contributed by atoms with Gasteiger partial charge in [-0.2, -0.15) is 0 Å². The molecule has 3 N–H and O–H groups in total. The van der Waals surface area contributed by atoms with Crippen molar-refractivity contribution in [3.63, 3.8) is 0 Å². The maximum atomic E-state index is 12.0. The van der Waals surface area contributed by atoms with E-state index in [1.165, 1.54) is 31.4 Å². The summed E-state index contributed by atoms with van der Waals surface area (Å²) in [4.78, 5) is 23.5. The number of nitrogens with one attached hydrogen (secondary N) is 1. The Balaban J connectivity index is 2.10. The number of rotatable bonds is 4. The van der Waals surface area contributed by atoms with Crippen LogP contribution < -0.4 is 11.1 Å². The van der Waals surface area contributed by atoms with E-state index < -0.39 is 5.97 Å². The third-order valence-electron chi connectivity index (χ3n) is 3.01. The van der Waals surface area contributed by atoms with Crippen LogP contribution in [0, 0.1) is 0 Å². The molecule has 0 radical (unpaired) electrons. The molecule has 5 nitrogen and oxygen atoms in total. The van der Waals surface area contributed by atoms with Crippen molar-refractivity contribution < 1.29 is 14.3 Å². The second kappa shape index (κ2) is 7.47. The van der Waals surface area contributed by atoms with Gasteiger partial charge in [0.1, 0.15) is 0 Å². The zero-order valence-corrected chi connectivity index (χ0v) is 13.1. The van der Waals surface area contributed by atoms with Crippen LogP contribution in [0.2, 0.25) is 5.02 Å². The molecule has 0 aromatic heterocycles. The molecule has 2 aromatic rings. The average molecular weight is 331 g/mol. The zero-order valence-electron chi connectivity index (χ0n) is 12.4. The summed E-state index contributed by atoms with van der Waals surface area (Å²) in [6.45, 7) is 0. The number of halogens is 1. The topological polar surface area (TPSA) is 81.4 Å². The van der Waals surface area contributed by atoms with Crippen molar-refractivity contribution in [2.24, 2.45) is 0 Å². The molecule has 0 bridgehead atoms. The van der Waals surface area contributed by atoms with Crippen LogP contribution in [0.5, 0.6) is 0 Å². The summed E-state index contributed by atoms with van der Waals surface area (Å²) in [5, 5.41) is 2.95. The molecular formula is C17H15ClN2O3. The first-order valence-electron chi connectivity index (χ1n) is 6.72. The predicted molar refractivity (Wildman–Crippen MR) is 91.3 cm³/mol. The maximum absolute atomic E-state index is 12.0. The van der Waals surface area contributed by atoms with Crippen molar-refractivity contribution in [3.05, 3.63) is 64.7 Å². The van der Waals surface area contributed by atoms with Gasteiger partial charge in [-0.25, -0.2) is 4.79 Å². The first-order chi connectivity index (χ1) is 11.0. The van der Waals surface area contributed by atoms with Gasteiger partial charge in [-0.15, -0.1) is 0 Å². The first-order valence-corrected chi connectivity index (χ1v) is 7.10. The van der Waals surface area contributed by atoms with Gasteiger partial charge in [-0.1, -0.05) is 23.7 Å². The minimum Gasteiger partial charge on any atom is -0.465 e. The Morgan fingerprint density at radius 1 is 1.17 bits per heavy atom. The number of anilines is 2. The third-order valence-corrected chi connectivity index (χ3v) is 3.34. The molecule has 0 aliphatic heterocycles. The van der Waals surface area contributed by atoms with Crippen molar-refractivity contribution in [2.75, 3.05) is 18.2 Å². The van der Waals surface area contributed by atoms with Gasteiger partial charge in [-0.3, -0.25) is 4.79 Å². The van der Waals surface area contributed by atoms with Gasteiger partial charge >= 0.3 is 5.97 Å². The SMILES string of the molecule is COC(=O)c1ccc(Cl)c(NC(=O)/C=C/c2ccc(N)cc2)c1. The molecule has 0 aliphatic carbocycles. The van der Waals surface area contributed by atoms with Gasteiger partial charge in [0.15, 0.2) is 0 Å². The Morgan fingerprint density at radius 2 is 1.87 bits per heavy atom. The van der Waals surface area contributed by atoms with Crippen LogP contribution in [0.15, 0.2) is 48.5 Å². The Morgan fingerprint density at radius 3 is 2.52 bits per heavy atom. The van der Waals surface area contributed by atoms with Gasteiger partial charge in [0.25, 0.3) is 0 Å². The normalized spacial score (nSPS) is 10.5. The van der Waals surface area contributed by atoms with Crippen LogP contribution in [0.1, 0.15) is 15.9 Å². The standard InChI is InChI=1S/C17H15ClN2O3/c1-23-17(22)12-5-8-14(18)15(10-12)20-16(21)9-4-11-2-6-13(19)7-3-11/h2-10H,19H2,1H3,(H,20,21)/b9-4+. The fourth-order valence-corrected chi connectivity index (χ4v) is 1.98. The van der Waals surface area contributed by atoms with Crippen LogP contribution in [0.25, 0.3) is 6.08 Å². The van der Waals surface area contributed by atoms with Crippen molar-refractivity contribution >= 4 is 40.9 Å². The van der Waals surface area contributed by atoms with E-state index in [4.69, 9.17) is 17.3 Å². The lowest BCUT2D eigenvalue weighted by Crippen LogP contribution is -2.09. The van der Waals surface area contributed by atoms with Crippen molar-refractivity contribution in [1.29, 1.82) is 0 Å². The van der Waals surface area contributed by atoms with Crippen LogP contribution in [-0.2, 0) is 9.53 Å². The lowest BCUT2D eigenvalue weighted by atomic mass is 10.2. The molecule has 6 heteroatoms. The molecule has 0 saturated heterocycles. The highest BCUT2D eigenvalue weighted by molar-refractivity contribution is 6.34. The van der Waals surface area contributed by atoms with Crippen molar-refractivity contribution in [1.82, 2.24) is 0 Å². The van der Waals surface area contributed by atoms with Gasteiger partial charge in [-0.05, 0) is 42.0 Å². The smallest absolute Gasteiger partial charge is 0.337 e. The van der Waals surface area contributed by atoms with Crippen LogP contribution in [-0.4, -0.2) is 19.0 Å². The number of esters is 1. The zero-order chi connectivity index (χ0) is 16.8. The van der Waals surface area contributed by atoms with Gasteiger partial charge in [0.05, 0.1) is 23.4 Å². The molecule has 0 aliphatic rings. The third kappa shape index (κ3) is 4.59. The highest BCUT2D eigenvalue weighted by Gasteiger charge is 2.10. The number of methoxy groups -OCH3 is 1. The molecule has 23 heavy (non-hydrogen) atoms. The highest BCUT2D eigenvalue weighted by atomic mass is 35.5. The van der Waals surface area contributed by atoms with E-state index in [9.17, 15) is 9.59 Å². The van der Waals surface area contributed by atoms with E-state index in [0.29, 0.717) is 22.0 Å². The molecule has 0 heterocycles. The number of carbonyl (C=O) groups is 2. The minimum absolute atomic E-state index is 0.301. The van der Waals surface area contributed by atoms with E-state index in [1.54, 1.807) is 30.3 Å². The molecule has 0 fully saturated rings. The summed E-state index contributed by atoms with van der Waals surface area (Å²) in [5.41, 5.74) is 7.72. The second-order valence-electron chi connectivity index (χ2n) is 4.68. The largest absolute Gasteiger partial charge is 0.465 e. The number of nitrogens with two attached hydrogens (primary N) is 1. The molecule has 0 unspecified atom stereocenters. The summed E-state index contributed by atoms with van der Waals surface area (Å²) < 4.78 is 4.63. The molecule has 2 rings (SSSR count). The second-order valence-corrected chi connectivity index (χ2v) is 5.08.